The molecule has 2 aromatic carbocycles. The lowest BCUT2D eigenvalue weighted by Crippen LogP contribution is -2.38. The Morgan fingerprint density at radius 3 is 2.51 bits per heavy atom. The summed E-state index contributed by atoms with van der Waals surface area (Å²) in [5.74, 6) is -1.06. The van der Waals surface area contributed by atoms with Crippen LogP contribution in [-0.2, 0) is 38.9 Å². The molecule has 0 aliphatic carbocycles. The molecule has 0 saturated carbocycles. The van der Waals surface area contributed by atoms with E-state index in [1.165, 1.54) is 18.4 Å². The van der Waals surface area contributed by atoms with E-state index < -0.39 is 28.4 Å². The number of para-hydroxylation sites is 1. The molecule has 8 nitrogen and oxygen atoms in total. The second-order valence-corrected chi connectivity index (χ2v) is 12.0. The van der Waals surface area contributed by atoms with Gasteiger partial charge < -0.3 is 15.0 Å². The van der Waals surface area contributed by atoms with E-state index in [0.717, 1.165) is 32.4 Å². The summed E-state index contributed by atoms with van der Waals surface area (Å²) < 4.78 is 33.7. The number of anilines is 2. The van der Waals surface area contributed by atoms with E-state index in [1.54, 1.807) is 36.4 Å². The number of nitrogens with zero attached hydrogens (tertiary/aromatic N) is 2. The third-order valence-corrected chi connectivity index (χ3v) is 9.33. The molecule has 1 aromatic heterocycles. The maximum Gasteiger partial charge on any atom is 0.341 e. The number of thiophene rings is 1. The van der Waals surface area contributed by atoms with Crippen LogP contribution >= 0.6 is 11.3 Å². The zero-order valence-electron chi connectivity index (χ0n) is 21.4. The normalized spacial score (nSPS) is 13.6. The quantitative estimate of drug-likeness (QED) is 0.429. The second-order valence-electron chi connectivity index (χ2n) is 9.04. The van der Waals surface area contributed by atoms with Gasteiger partial charge in [0.1, 0.15) is 11.5 Å². The number of nitrogens with one attached hydrogen (secondary N) is 1. The smallest absolute Gasteiger partial charge is 0.341 e. The minimum absolute atomic E-state index is 0.0988. The van der Waals surface area contributed by atoms with Gasteiger partial charge in [0.25, 0.3) is 10.0 Å². The molecule has 1 aliphatic heterocycles. The van der Waals surface area contributed by atoms with Crippen LogP contribution in [0.15, 0.2) is 53.4 Å². The van der Waals surface area contributed by atoms with Crippen LogP contribution in [0.2, 0.25) is 0 Å². The third-order valence-electron chi connectivity index (χ3n) is 6.43. The van der Waals surface area contributed by atoms with Gasteiger partial charge in [-0.2, -0.15) is 0 Å². The van der Waals surface area contributed by atoms with Gasteiger partial charge in [-0.3, -0.25) is 9.10 Å². The van der Waals surface area contributed by atoms with E-state index >= 15 is 0 Å². The van der Waals surface area contributed by atoms with Crippen LogP contribution < -0.4 is 9.62 Å². The standard InChI is InChI=1S/C27H31N3O5S2/c1-5-19-8-6-7-9-22(19)30(37(33,34)20-12-10-18(2)11-13-20)17-24(31)28-26-25(27(32)35-4)21-14-15-29(3)16-23(21)36-26/h6-13H,5,14-17H2,1-4H3,(H,28,31). The van der Waals surface area contributed by atoms with Crippen LogP contribution in [0, 0.1) is 6.92 Å². The van der Waals surface area contributed by atoms with Crippen LogP contribution in [0.1, 0.15) is 38.8 Å². The summed E-state index contributed by atoms with van der Waals surface area (Å²) in [5.41, 5.74) is 3.41. The molecule has 0 radical (unpaired) electrons. The van der Waals surface area contributed by atoms with Gasteiger partial charge in [0, 0.05) is 18.0 Å². The van der Waals surface area contributed by atoms with Crippen LogP contribution in [0.3, 0.4) is 0 Å². The largest absolute Gasteiger partial charge is 0.465 e. The van der Waals surface area contributed by atoms with Gasteiger partial charge in [0.05, 0.1) is 23.3 Å². The molecule has 37 heavy (non-hydrogen) atoms. The highest BCUT2D eigenvalue weighted by Gasteiger charge is 2.31. The Morgan fingerprint density at radius 1 is 1.14 bits per heavy atom. The monoisotopic (exact) mass is 541 g/mol. The summed E-state index contributed by atoms with van der Waals surface area (Å²) in [6, 6.07) is 13.7. The van der Waals surface area contributed by atoms with E-state index in [-0.39, 0.29) is 4.90 Å². The first-order valence-electron chi connectivity index (χ1n) is 12.0. The van der Waals surface area contributed by atoms with Crippen molar-refractivity contribution in [2.24, 2.45) is 0 Å². The van der Waals surface area contributed by atoms with Crippen molar-refractivity contribution < 1.29 is 22.7 Å². The highest BCUT2D eigenvalue weighted by atomic mass is 32.2. The zero-order chi connectivity index (χ0) is 26.7. The van der Waals surface area contributed by atoms with Crippen LogP contribution in [-0.4, -0.2) is 52.4 Å². The molecule has 0 fully saturated rings. The number of sulfonamides is 1. The topological polar surface area (TPSA) is 96.0 Å². The SMILES string of the molecule is CCc1ccccc1N(CC(=O)Nc1sc2c(c1C(=O)OC)CCN(C)C2)S(=O)(=O)c1ccc(C)cc1. The summed E-state index contributed by atoms with van der Waals surface area (Å²) in [6.07, 6.45) is 1.26. The van der Waals surface area contributed by atoms with Gasteiger partial charge in [-0.25, -0.2) is 13.2 Å². The van der Waals surface area contributed by atoms with Gasteiger partial charge in [-0.05, 0) is 56.1 Å². The molecule has 2 heterocycles. The number of amides is 1. The molecule has 196 valence electrons. The summed E-state index contributed by atoms with van der Waals surface area (Å²) in [4.78, 5) is 29.3. The van der Waals surface area contributed by atoms with Crippen molar-refractivity contribution in [1.29, 1.82) is 0 Å². The summed E-state index contributed by atoms with van der Waals surface area (Å²) >= 11 is 1.33. The van der Waals surface area contributed by atoms with Crippen molar-refractivity contribution in [3.05, 3.63) is 75.7 Å². The fourth-order valence-electron chi connectivity index (χ4n) is 4.42. The second kappa shape index (κ2) is 11.0. The average Bonchev–Trinajstić information content (AvgIpc) is 3.23. The molecule has 1 N–H and O–H groups in total. The molecule has 10 heteroatoms. The highest BCUT2D eigenvalue weighted by Crippen LogP contribution is 2.37. The van der Waals surface area contributed by atoms with Crippen molar-refractivity contribution in [1.82, 2.24) is 4.90 Å². The Balaban J connectivity index is 1.71. The molecule has 4 rings (SSSR count). The number of benzene rings is 2. The average molecular weight is 542 g/mol. The predicted octanol–water partition coefficient (Wildman–Crippen LogP) is 4.23. The summed E-state index contributed by atoms with van der Waals surface area (Å²) in [6.45, 7) is 4.82. The maximum atomic E-state index is 13.8. The van der Waals surface area contributed by atoms with Crippen LogP contribution in [0.4, 0.5) is 10.7 Å². The number of aryl methyl sites for hydroxylation is 2. The van der Waals surface area contributed by atoms with Crippen molar-refractivity contribution in [3.63, 3.8) is 0 Å². The number of rotatable bonds is 8. The maximum absolute atomic E-state index is 13.8. The number of likely N-dealkylation sites (N-methyl/N-ethyl adjacent to an activating group) is 1. The fourth-order valence-corrected chi connectivity index (χ4v) is 7.21. The van der Waals surface area contributed by atoms with Gasteiger partial charge in [0.2, 0.25) is 5.91 Å². The first kappa shape index (κ1) is 26.8. The zero-order valence-corrected chi connectivity index (χ0v) is 23.0. The van der Waals surface area contributed by atoms with E-state index in [9.17, 15) is 18.0 Å². The van der Waals surface area contributed by atoms with Crippen molar-refractivity contribution >= 4 is 43.9 Å². The molecular formula is C27H31N3O5S2. The van der Waals surface area contributed by atoms with Crippen LogP contribution in [0.25, 0.3) is 0 Å². The molecule has 1 amide bonds. The van der Waals surface area contributed by atoms with E-state index in [0.29, 0.717) is 35.6 Å². The van der Waals surface area contributed by atoms with E-state index in [1.807, 2.05) is 33.0 Å². The molecule has 1 aliphatic rings. The minimum Gasteiger partial charge on any atom is -0.465 e. The molecule has 3 aromatic rings. The van der Waals surface area contributed by atoms with Gasteiger partial charge in [-0.1, -0.05) is 42.8 Å². The number of methoxy groups -OCH3 is 1. The van der Waals surface area contributed by atoms with E-state index in [4.69, 9.17) is 4.74 Å². The van der Waals surface area contributed by atoms with Gasteiger partial charge >= 0.3 is 5.97 Å². The molecule has 0 saturated heterocycles. The fraction of sp³-hybridized carbons (Fsp3) is 0.333. The Morgan fingerprint density at radius 2 is 1.84 bits per heavy atom. The van der Waals surface area contributed by atoms with Crippen molar-refractivity contribution in [2.45, 2.75) is 38.1 Å². The third kappa shape index (κ3) is 5.56. The lowest BCUT2D eigenvalue weighted by molar-refractivity contribution is -0.114. The summed E-state index contributed by atoms with van der Waals surface area (Å²) in [7, 11) is -0.746. The molecule has 0 unspecified atom stereocenters. The number of esters is 1. The minimum atomic E-state index is -4.05. The number of fused-ring (bicyclic) bond motifs is 1. The number of hydrogen-bond acceptors (Lipinski definition) is 7. The Bertz CT molecular complexity index is 1410. The summed E-state index contributed by atoms with van der Waals surface area (Å²) in [5, 5.41) is 3.21. The number of ether oxygens (including phenoxy) is 1. The van der Waals surface area contributed by atoms with Crippen LogP contribution in [0.5, 0.6) is 0 Å². The molecule has 0 atom stereocenters. The Labute approximate surface area is 221 Å². The number of carbonyl (C=O) groups excluding carboxylic acids is 2. The molecule has 0 bridgehead atoms. The van der Waals surface area contributed by atoms with Gasteiger partial charge in [0.15, 0.2) is 0 Å². The first-order chi connectivity index (χ1) is 17.6. The van der Waals surface area contributed by atoms with Gasteiger partial charge in [-0.15, -0.1) is 11.3 Å². The lowest BCUT2D eigenvalue weighted by Gasteiger charge is -2.26. The van der Waals surface area contributed by atoms with E-state index in [2.05, 4.69) is 10.2 Å². The number of hydrogen-bond donors (Lipinski definition) is 1. The lowest BCUT2D eigenvalue weighted by atomic mass is 10.0. The Hall–Kier alpha value is -3.21. The molecule has 0 spiro atoms. The first-order valence-corrected chi connectivity index (χ1v) is 14.3. The van der Waals surface area contributed by atoms with Crippen molar-refractivity contribution in [3.8, 4) is 0 Å². The molecular weight excluding hydrogens is 510 g/mol. The Kier molecular flexibility index (Phi) is 8.01. The predicted molar refractivity (Wildman–Crippen MR) is 146 cm³/mol. The van der Waals surface area contributed by atoms with Crippen molar-refractivity contribution in [2.75, 3.05) is 36.9 Å². The highest BCUT2D eigenvalue weighted by molar-refractivity contribution is 7.92. The number of carbonyl (C=O) groups is 2.